The molecular weight excluding hydrogens is 352 g/mol. The fourth-order valence-corrected chi connectivity index (χ4v) is 2.78. The maximum Gasteiger partial charge on any atom is 0.259 e. The van der Waals surface area contributed by atoms with Crippen LogP contribution in [-0.4, -0.2) is 19.7 Å². The van der Waals surface area contributed by atoms with E-state index in [1.54, 1.807) is 35.3 Å². The third kappa shape index (κ3) is 3.27. The Hall–Kier alpha value is -3.25. The largest absolute Gasteiger partial charge is 0.334 e. The van der Waals surface area contributed by atoms with E-state index in [9.17, 15) is 4.79 Å². The summed E-state index contributed by atoms with van der Waals surface area (Å²) in [4.78, 5) is 20.6. The van der Waals surface area contributed by atoms with Crippen molar-refractivity contribution >= 4 is 11.6 Å². The summed E-state index contributed by atoms with van der Waals surface area (Å²) in [5, 5.41) is 4.53. The molecule has 7 heteroatoms. The SMILES string of the molecule is O=c1ccc(-c2nc(-c3ccccc3Cl)no2)cn1Cc1cccnc1. The maximum absolute atomic E-state index is 12.1. The van der Waals surface area contributed by atoms with Crippen LogP contribution in [0.3, 0.4) is 0 Å². The number of nitrogens with zero attached hydrogens (tertiary/aromatic N) is 4. The van der Waals surface area contributed by atoms with E-state index in [4.69, 9.17) is 16.1 Å². The topological polar surface area (TPSA) is 73.8 Å². The monoisotopic (exact) mass is 364 g/mol. The second-order valence-corrected chi connectivity index (χ2v) is 6.06. The highest BCUT2D eigenvalue weighted by Gasteiger charge is 2.13. The quantitative estimate of drug-likeness (QED) is 0.552. The highest BCUT2D eigenvalue weighted by molar-refractivity contribution is 6.33. The van der Waals surface area contributed by atoms with Gasteiger partial charge in [0, 0.05) is 30.2 Å². The first-order valence-corrected chi connectivity index (χ1v) is 8.27. The Morgan fingerprint density at radius 3 is 2.77 bits per heavy atom. The zero-order valence-corrected chi connectivity index (χ0v) is 14.3. The molecule has 0 amide bonds. The third-order valence-corrected chi connectivity index (χ3v) is 4.18. The van der Waals surface area contributed by atoms with Crippen LogP contribution < -0.4 is 5.56 Å². The molecule has 0 radical (unpaired) electrons. The molecule has 0 spiro atoms. The molecule has 3 heterocycles. The molecule has 26 heavy (non-hydrogen) atoms. The molecule has 128 valence electrons. The molecule has 6 nitrogen and oxygen atoms in total. The molecule has 0 atom stereocenters. The van der Waals surface area contributed by atoms with Crippen molar-refractivity contribution < 1.29 is 4.52 Å². The Bertz CT molecular complexity index is 1110. The van der Waals surface area contributed by atoms with Gasteiger partial charge in [0.05, 0.1) is 17.1 Å². The van der Waals surface area contributed by atoms with Gasteiger partial charge in [0.2, 0.25) is 5.82 Å². The summed E-state index contributed by atoms with van der Waals surface area (Å²) in [5.74, 6) is 0.718. The number of benzene rings is 1. The number of aromatic nitrogens is 4. The second kappa shape index (κ2) is 6.93. The first-order valence-electron chi connectivity index (χ1n) is 7.89. The number of halogens is 1. The Kier molecular flexibility index (Phi) is 4.33. The lowest BCUT2D eigenvalue weighted by Gasteiger charge is -2.06. The number of hydrogen-bond acceptors (Lipinski definition) is 5. The van der Waals surface area contributed by atoms with Gasteiger partial charge < -0.3 is 9.09 Å². The van der Waals surface area contributed by atoms with Gasteiger partial charge >= 0.3 is 0 Å². The van der Waals surface area contributed by atoms with Crippen LogP contribution in [0.25, 0.3) is 22.8 Å². The van der Waals surface area contributed by atoms with Gasteiger partial charge in [0.1, 0.15) is 0 Å². The van der Waals surface area contributed by atoms with Gasteiger partial charge in [-0.25, -0.2) is 0 Å². The van der Waals surface area contributed by atoms with Crippen molar-refractivity contribution in [1.29, 1.82) is 0 Å². The van der Waals surface area contributed by atoms with Crippen LogP contribution in [0.4, 0.5) is 0 Å². The summed E-state index contributed by atoms with van der Waals surface area (Å²) in [6, 6.07) is 14.2. The molecule has 1 aromatic carbocycles. The van der Waals surface area contributed by atoms with Crippen molar-refractivity contribution in [2.75, 3.05) is 0 Å². The maximum atomic E-state index is 12.1. The molecule has 4 rings (SSSR count). The van der Waals surface area contributed by atoms with E-state index in [-0.39, 0.29) is 5.56 Å². The van der Waals surface area contributed by atoms with Crippen LogP contribution >= 0.6 is 11.6 Å². The van der Waals surface area contributed by atoms with Crippen LogP contribution in [0.15, 0.2) is 76.4 Å². The minimum absolute atomic E-state index is 0.122. The zero-order valence-electron chi connectivity index (χ0n) is 13.5. The normalized spacial score (nSPS) is 10.8. The van der Waals surface area contributed by atoms with Gasteiger partial charge in [-0.05, 0) is 29.8 Å². The first kappa shape index (κ1) is 16.2. The molecule has 4 aromatic rings. The lowest BCUT2D eigenvalue weighted by Crippen LogP contribution is -2.19. The Balaban J connectivity index is 1.68. The van der Waals surface area contributed by atoms with Crippen LogP contribution in [0.1, 0.15) is 5.56 Å². The molecule has 0 saturated carbocycles. The summed E-state index contributed by atoms with van der Waals surface area (Å²) in [7, 11) is 0. The predicted molar refractivity (Wildman–Crippen MR) is 97.8 cm³/mol. The van der Waals surface area contributed by atoms with Crippen LogP contribution in [-0.2, 0) is 6.54 Å². The van der Waals surface area contributed by atoms with E-state index < -0.39 is 0 Å². The zero-order chi connectivity index (χ0) is 17.9. The summed E-state index contributed by atoms with van der Waals surface area (Å²) in [6.07, 6.45) is 5.11. The molecule has 0 aliphatic carbocycles. The van der Waals surface area contributed by atoms with Gasteiger partial charge in [0.25, 0.3) is 11.4 Å². The van der Waals surface area contributed by atoms with Gasteiger partial charge in [-0.3, -0.25) is 9.78 Å². The fourth-order valence-electron chi connectivity index (χ4n) is 2.56. The van der Waals surface area contributed by atoms with Crippen molar-refractivity contribution in [1.82, 2.24) is 19.7 Å². The summed E-state index contributed by atoms with van der Waals surface area (Å²) in [5.41, 5.74) is 2.14. The summed E-state index contributed by atoms with van der Waals surface area (Å²) < 4.78 is 6.93. The van der Waals surface area contributed by atoms with Gasteiger partial charge in [-0.1, -0.05) is 35.0 Å². The molecule has 0 bridgehead atoms. The van der Waals surface area contributed by atoms with Crippen molar-refractivity contribution in [3.8, 4) is 22.8 Å². The molecule has 0 aliphatic rings. The van der Waals surface area contributed by atoms with E-state index >= 15 is 0 Å². The van der Waals surface area contributed by atoms with Crippen LogP contribution in [0.5, 0.6) is 0 Å². The van der Waals surface area contributed by atoms with Crippen molar-refractivity contribution in [2.45, 2.75) is 6.54 Å². The smallest absolute Gasteiger partial charge is 0.259 e. The van der Waals surface area contributed by atoms with E-state index in [0.29, 0.717) is 34.4 Å². The van der Waals surface area contributed by atoms with E-state index in [0.717, 1.165) is 5.56 Å². The molecule has 3 aromatic heterocycles. The first-order chi connectivity index (χ1) is 12.7. The lowest BCUT2D eigenvalue weighted by atomic mass is 10.2. The Morgan fingerprint density at radius 1 is 1.08 bits per heavy atom. The minimum Gasteiger partial charge on any atom is -0.334 e. The molecule has 0 unspecified atom stereocenters. The highest BCUT2D eigenvalue weighted by atomic mass is 35.5. The molecule has 0 aliphatic heterocycles. The van der Waals surface area contributed by atoms with E-state index in [1.165, 1.54) is 6.07 Å². The average molecular weight is 365 g/mol. The molecular formula is C19H13ClN4O2. The number of hydrogen-bond donors (Lipinski definition) is 0. The van der Waals surface area contributed by atoms with Gasteiger partial charge in [-0.15, -0.1) is 0 Å². The lowest BCUT2D eigenvalue weighted by molar-refractivity contribution is 0.432. The fraction of sp³-hybridized carbons (Fsp3) is 0.0526. The van der Waals surface area contributed by atoms with Crippen molar-refractivity contribution in [3.05, 3.63) is 88.1 Å². The second-order valence-electron chi connectivity index (χ2n) is 5.65. The summed E-state index contributed by atoms with van der Waals surface area (Å²) in [6.45, 7) is 0.409. The van der Waals surface area contributed by atoms with E-state index in [2.05, 4.69) is 15.1 Å². The number of rotatable bonds is 4. The Morgan fingerprint density at radius 2 is 1.96 bits per heavy atom. The average Bonchev–Trinajstić information content (AvgIpc) is 3.15. The predicted octanol–water partition coefficient (Wildman–Crippen LogP) is 3.66. The van der Waals surface area contributed by atoms with E-state index in [1.807, 2.05) is 30.3 Å². The Labute approximate surface area is 153 Å². The van der Waals surface area contributed by atoms with Crippen molar-refractivity contribution in [2.24, 2.45) is 0 Å². The van der Waals surface area contributed by atoms with Gasteiger partial charge in [-0.2, -0.15) is 4.98 Å². The third-order valence-electron chi connectivity index (χ3n) is 3.85. The number of pyridine rings is 2. The molecule has 0 N–H and O–H groups in total. The minimum atomic E-state index is -0.122. The van der Waals surface area contributed by atoms with Gasteiger partial charge in [0.15, 0.2) is 0 Å². The standard InChI is InChI=1S/C19H13ClN4O2/c20-16-6-2-1-5-15(16)18-22-19(26-23-18)14-7-8-17(25)24(12-14)11-13-4-3-9-21-10-13/h1-10,12H,11H2. The van der Waals surface area contributed by atoms with Crippen molar-refractivity contribution in [3.63, 3.8) is 0 Å². The van der Waals surface area contributed by atoms with Crippen LogP contribution in [0.2, 0.25) is 5.02 Å². The molecule has 0 fully saturated rings. The highest BCUT2D eigenvalue weighted by Crippen LogP contribution is 2.27. The molecule has 0 saturated heterocycles. The summed E-state index contributed by atoms with van der Waals surface area (Å²) >= 11 is 6.18. The van der Waals surface area contributed by atoms with Crippen LogP contribution in [0, 0.1) is 0 Å².